The molecule has 0 bridgehead atoms. The van der Waals surface area contributed by atoms with Crippen LogP contribution in [0, 0.1) is 13.8 Å². The number of ether oxygens (including phenoxy) is 2. The number of hydrogen-bond acceptors (Lipinski definition) is 4. The van der Waals surface area contributed by atoms with E-state index in [0.29, 0.717) is 48.3 Å². The summed E-state index contributed by atoms with van der Waals surface area (Å²) in [5, 5.41) is 7.94. The van der Waals surface area contributed by atoms with Gasteiger partial charge in [0.25, 0.3) is 5.91 Å². The molecule has 0 aliphatic carbocycles. The minimum atomic E-state index is -0.117. The van der Waals surface area contributed by atoms with Crippen LogP contribution in [0.1, 0.15) is 27.3 Å². The molecule has 0 unspecified atom stereocenters. The van der Waals surface area contributed by atoms with E-state index in [0.717, 1.165) is 22.6 Å². The maximum absolute atomic E-state index is 12.4. The first kappa shape index (κ1) is 19.3. The Morgan fingerprint density at radius 1 is 1.14 bits per heavy atom. The van der Waals surface area contributed by atoms with Gasteiger partial charge in [0.2, 0.25) is 0 Å². The molecule has 29 heavy (non-hydrogen) atoms. The van der Waals surface area contributed by atoms with Crippen molar-refractivity contribution in [3.8, 4) is 17.2 Å². The second-order valence-electron chi connectivity index (χ2n) is 6.99. The molecule has 0 atom stereocenters. The number of fused-ring (bicyclic) bond motifs is 1. The van der Waals surface area contributed by atoms with Gasteiger partial charge in [-0.3, -0.25) is 4.79 Å². The number of carbonyl (C=O) groups is 1. The Hall–Kier alpha value is -2.99. The van der Waals surface area contributed by atoms with Crippen LogP contribution >= 0.6 is 11.6 Å². The van der Waals surface area contributed by atoms with E-state index in [4.69, 9.17) is 21.1 Å². The van der Waals surface area contributed by atoms with Crippen molar-refractivity contribution >= 4 is 17.5 Å². The fourth-order valence-electron chi connectivity index (χ4n) is 3.38. The van der Waals surface area contributed by atoms with Crippen molar-refractivity contribution in [2.45, 2.75) is 20.3 Å². The summed E-state index contributed by atoms with van der Waals surface area (Å²) in [6, 6.07) is 13.2. The fraction of sp³-hybridized carbons (Fsp3) is 0.273. The molecule has 0 radical (unpaired) electrons. The smallest absolute Gasteiger partial charge is 0.251 e. The molecule has 1 N–H and O–H groups in total. The number of hydrogen-bond donors (Lipinski definition) is 1. The van der Waals surface area contributed by atoms with Crippen LogP contribution in [0.15, 0.2) is 42.5 Å². The van der Waals surface area contributed by atoms with Gasteiger partial charge in [-0.1, -0.05) is 11.6 Å². The van der Waals surface area contributed by atoms with Crippen molar-refractivity contribution in [2.24, 2.45) is 0 Å². The maximum atomic E-state index is 12.4. The normalized spacial score (nSPS) is 12.7. The Kier molecular flexibility index (Phi) is 5.45. The molecule has 7 heteroatoms. The summed E-state index contributed by atoms with van der Waals surface area (Å²) >= 11 is 6.26. The summed E-state index contributed by atoms with van der Waals surface area (Å²) < 4.78 is 13.0. The summed E-state index contributed by atoms with van der Waals surface area (Å²) in [5.41, 5.74) is 4.54. The molecule has 1 amide bonds. The molecule has 150 valence electrons. The summed E-state index contributed by atoms with van der Waals surface area (Å²) in [7, 11) is 0. The van der Waals surface area contributed by atoms with E-state index in [9.17, 15) is 4.79 Å². The lowest BCUT2D eigenvalue weighted by molar-refractivity contribution is 0.0954. The fourth-order valence-corrected chi connectivity index (χ4v) is 3.66. The van der Waals surface area contributed by atoms with Gasteiger partial charge in [0.15, 0.2) is 11.5 Å². The molecular formula is C22H22ClN3O3. The number of rotatable bonds is 5. The van der Waals surface area contributed by atoms with Crippen LogP contribution in [0.25, 0.3) is 5.69 Å². The number of halogens is 1. The molecule has 2 heterocycles. The highest BCUT2D eigenvalue weighted by molar-refractivity contribution is 6.32. The molecular weight excluding hydrogens is 390 g/mol. The number of nitrogens with one attached hydrogen (secondary N) is 1. The average Bonchev–Trinajstić information content (AvgIpc) is 3.06. The number of aromatic nitrogens is 2. The molecule has 1 aliphatic rings. The molecule has 2 aromatic carbocycles. The van der Waals surface area contributed by atoms with E-state index in [2.05, 4.69) is 10.4 Å². The lowest BCUT2D eigenvalue weighted by Gasteiger charge is -2.20. The molecule has 1 aliphatic heterocycles. The molecule has 0 saturated heterocycles. The number of nitrogens with zero attached hydrogens (tertiary/aromatic N) is 2. The van der Waals surface area contributed by atoms with Gasteiger partial charge in [-0.05, 0) is 68.3 Å². The van der Waals surface area contributed by atoms with Crippen molar-refractivity contribution < 1.29 is 14.3 Å². The largest absolute Gasteiger partial charge is 0.486 e. The number of amides is 1. The number of carbonyl (C=O) groups excluding carboxylic acids is 1. The lowest BCUT2D eigenvalue weighted by atomic mass is 10.1. The first-order chi connectivity index (χ1) is 14.0. The van der Waals surface area contributed by atoms with Crippen molar-refractivity contribution in [3.05, 3.63) is 70.0 Å². The van der Waals surface area contributed by atoms with Crippen LogP contribution in [-0.2, 0) is 6.42 Å². The van der Waals surface area contributed by atoms with Gasteiger partial charge in [-0.15, -0.1) is 0 Å². The van der Waals surface area contributed by atoms with E-state index in [1.807, 2.05) is 61.0 Å². The Morgan fingerprint density at radius 2 is 1.90 bits per heavy atom. The van der Waals surface area contributed by atoms with Gasteiger partial charge in [-0.25, -0.2) is 4.68 Å². The highest BCUT2D eigenvalue weighted by atomic mass is 35.5. The van der Waals surface area contributed by atoms with Gasteiger partial charge in [-0.2, -0.15) is 5.10 Å². The average molecular weight is 412 g/mol. The van der Waals surface area contributed by atoms with Crippen molar-refractivity contribution in [1.82, 2.24) is 15.1 Å². The zero-order chi connectivity index (χ0) is 20.4. The zero-order valence-corrected chi connectivity index (χ0v) is 17.1. The topological polar surface area (TPSA) is 65.4 Å². The molecule has 6 nitrogen and oxygen atoms in total. The van der Waals surface area contributed by atoms with E-state index >= 15 is 0 Å². The van der Waals surface area contributed by atoms with E-state index in [1.165, 1.54) is 0 Å². The van der Waals surface area contributed by atoms with Crippen LogP contribution in [0.2, 0.25) is 5.02 Å². The third kappa shape index (κ3) is 4.22. The number of benzene rings is 2. The van der Waals surface area contributed by atoms with Crippen LogP contribution in [-0.4, -0.2) is 35.4 Å². The Labute approximate surface area is 174 Å². The van der Waals surface area contributed by atoms with E-state index < -0.39 is 0 Å². The quantitative estimate of drug-likeness (QED) is 0.691. The summed E-state index contributed by atoms with van der Waals surface area (Å²) in [6.45, 7) is 5.47. The predicted octanol–water partition coefficient (Wildman–Crippen LogP) is 3.89. The predicted molar refractivity (Wildman–Crippen MR) is 112 cm³/mol. The third-order valence-electron chi connectivity index (χ3n) is 4.74. The molecule has 4 rings (SSSR count). The van der Waals surface area contributed by atoms with Crippen molar-refractivity contribution in [2.75, 3.05) is 19.8 Å². The van der Waals surface area contributed by atoms with Crippen LogP contribution in [0.3, 0.4) is 0 Å². The van der Waals surface area contributed by atoms with Crippen LogP contribution in [0.5, 0.6) is 11.5 Å². The monoisotopic (exact) mass is 411 g/mol. The van der Waals surface area contributed by atoms with Gasteiger partial charge in [0, 0.05) is 17.8 Å². The van der Waals surface area contributed by atoms with Gasteiger partial charge < -0.3 is 14.8 Å². The number of aryl methyl sites for hydroxylation is 2. The molecule has 0 fully saturated rings. The SMILES string of the molecule is Cc1cc(C)n(-c2ccc(C(=O)NCCc3cc(Cl)c4c(c3)OCCO4)cc2)n1. The molecule has 3 aromatic rings. The van der Waals surface area contributed by atoms with Gasteiger partial charge in [0.1, 0.15) is 13.2 Å². The Morgan fingerprint density at radius 3 is 2.62 bits per heavy atom. The summed E-state index contributed by atoms with van der Waals surface area (Å²) in [5.74, 6) is 1.13. The van der Waals surface area contributed by atoms with Crippen LogP contribution < -0.4 is 14.8 Å². The molecule has 0 spiro atoms. The first-order valence-electron chi connectivity index (χ1n) is 9.51. The molecule has 0 saturated carbocycles. The minimum absolute atomic E-state index is 0.117. The highest BCUT2D eigenvalue weighted by Gasteiger charge is 2.16. The summed E-state index contributed by atoms with van der Waals surface area (Å²) in [4.78, 5) is 12.4. The van der Waals surface area contributed by atoms with Gasteiger partial charge >= 0.3 is 0 Å². The second kappa shape index (κ2) is 8.17. The second-order valence-corrected chi connectivity index (χ2v) is 7.40. The van der Waals surface area contributed by atoms with Crippen molar-refractivity contribution in [3.63, 3.8) is 0 Å². The van der Waals surface area contributed by atoms with Crippen LogP contribution in [0.4, 0.5) is 0 Å². The van der Waals surface area contributed by atoms with E-state index in [1.54, 1.807) is 0 Å². The molecule has 1 aromatic heterocycles. The Bertz CT molecular complexity index is 1040. The third-order valence-corrected chi connectivity index (χ3v) is 5.02. The minimum Gasteiger partial charge on any atom is -0.486 e. The zero-order valence-electron chi connectivity index (χ0n) is 16.4. The Balaban J connectivity index is 1.36. The standard InChI is InChI=1S/C22H22ClN3O3/c1-14-11-15(2)26(25-14)18-5-3-17(4-6-18)22(27)24-8-7-16-12-19(23)21-20(13-16)28-9-10-29-21/h3-6,11-13H,7-10H2,1-2H3,(H,24,27). The lowest BCUT2D eigenvalue weighted by Crippen LogP contribution is -2.25. The first-order valence-corrected chi connectivity index (χ1v) is 9.89. The maximum Gasteiger partial charge on any atom is 0.251 e. The highest BCUT2D eigenvalue weighted by Crippen LogP contribution is 2.38. The van der Waals surface area contributed by atoms with E-state index in [-0.39, 0.29) is 5.91 Å². The van der Waals surface area contributed by atoms with Gasteiger partial charge in [0.05, 0.1) is 16.4 Å². The van der Waals surface area contributed by atoms with Crippen molar-refractivity contribution in [1.29, 1.82) is 0 Å². The summed E-state index contributed by atoms with van der Waals surface area (Å²) in [6.07, 6.45) is 0.645.